The number of amides is 1. The number of hydrogen-bond donors (Lipinski definition) is 1. The summed E-state index contributed by atoms with van der Waals surface area (Å²) in [7, 11) is 0. The molecule has 0 saturated carbocycles. The summed E-state index contributed by atoms with van der Waals surface area (Å²) in [5.74, 6) is -0.493. The highest BCUT2D eigenvalue weighted by Gasteiger charge is 2.29. The third-order valence-electron chi connectivity index (χ3n) is 1.94. The van der Waals surface area contributed by atoms with E-state index >= 15 is 0 Å². The number of halogens is 3. The Kier molecular flexibility index (Phi) is 5.64. The summed E-state index contributed by atoms with van der Waals surface area (Å²) in [4.78, 5) is 12.8. The van der Waals surface area contributed by atoms with Gasteiger partial charge in [-0.25, -0.2) is 0 Å². The van der Waals surface area contributed by atoms with Gasteiger partial charge in [-0.1, -0.05) is 0 Å². The Balaban J connectivity index is 4.15. The molecule has 0 radical (unpaired) electrons. The first-order valence-corrected chi connectivity index (χ1v) is 4.84. The van der Waals surface area contributed by atoms with Gasteiger partial charge >= 0.3 is 6.18 Å². The summed E-state index contributed by atoms with van der Waals surface area (Å²) < 4.78 is 35.6. The third kappa shape index (κ3) is 6.33. The lowest BCUT2D eigenvalue weighted by Crippen LogP contribution is -2.40. The Morgan fingerprint density at radius 3 is 2.27 bits per heavy atom. The molecule has 0 aliphatic rings. The van der Waals surface area contributed by atoms with E-state index in [2.05, 4.69) is 0 Å². The van der Waals surface area contributed by atoms with E-state index in [9.17, 15) is 18.0 Å². The van der Waals surface area contributed by atoms with Crippen LogP contribution in [0.5, 0.6) is 0 Å². The molecule has 0 aromatic heterocycles. The smallest absolute Gasteiger partial charge is 0.339 e. The molecule has 0 fully saturated rings. The van der Waals surface area contributed by atoms with E-state index in [0.717, 1.165) is 0 Å². The first-order valence-electron chi connectivity index (χ1n) is 4.84. The Bertz CT molecular complexity index is 204. The fourth-order valence-electron chi connectivity index (χ4n) is 1.20. The van der Waals surface area contributed by atoms with Crippen LogP contribution < -0.4 is 5.73 Å². The molecular formula is C9H17F3N2O. The zero-order chi connectivity index (χ0) is 12.1. The molecule has 90 valence electrons. The highest BCUT2D eigenvalue weighted by Crippen LogP contribution is 2.22. The van der Waals surface area contributed by atoms with Crippen LogP contribution in [0.4, 0.5) is 13.2 Å². The van der Waals surface area contributed by atoms with Crippen LogP contribution in [0, 0.1) is 0 Å². The normalized spacial score (nSPS) is 11.9. The van der Waals surface area contributed by atoms with Gasteiger partial charge in [0.05, 0.1) is 6.42 Å². The van der Waals surface area contributed by atoms with Gasteiger partial charge < -0.3 is 10.6 Å². The van der Waals surface area contributed by atoms with Gasteiger partial charge in [0, 0.05) is 25.6 Å². The van der Waals surface area contributed by atoms with E-state index < -0.39 is 24.9 Å². The molecule has 0 saturated heterocycles. The van der Waals surface area contributed by atoms with Gasteiger partial charge in [-0.2, -0.15) is 13.2 Å². The molecule has 0 aromatic rings. The average Bonchev–Trinajstić information content (AvgIpc) is 2.08. The SMILES string of the molecule is CC(C)N(CCN)C(=O)CCC(F)(F)F. The van der Waals surface area contributed by atoms with Crippen molar-refractivity contribution in [3.8, 4) is 0 Å². The van der Waals surface area contributed by atoms with Crippen LogP contribution in [0.15, 0.2) is 0 Å². The predicted molar refractivity (Wildman–Crippen MR) is 51.2 cm³/mol. The molecule has 2 N–H and O–H groups in total. The van der Waals surface area contributed by atoms with Crippen LogP contribution in [0.25, 0.3) is 0 Å². The first kappa shape index (κ1) is 14.2. The quantitative estimate of drug-likeness (QED) is 0.772. The topological polar surface area (TPSA) is 46.3 Å². The zero-order valence-electron chi connectivity index (χ0n) is 8.97. The van der Waals surface area contributed by atoms with Crippen molar-refractivity contribution >= 4 is 5.91 Å². The lowest BCUT2D eigenvalue weighted by molar-refractivity contribution is -0.150. The van der Waals surface area contributed by atoms with E-state index in [1.165, 1.54) is 4.90 Å². The molecule has 0 heterocycles. The number of carbonyl (C=O) groups excluding carboxylic acids is 1. The first-order chi connectivity index (χ1) is 6.78. The number of hydrogen-bond acceptors (Lipinski definition) is 2. The van der Waals surface area contributed by atoms with Crippen LogP contribution in [-0.2, 0) is 4.79 Å². The molecule has 15 heavy (non-hydrogen) atoms. The minimum atomic E-state index is -4.28. The molecule has 0 atom stereocenters. The van der Waals surface area contributed by atoms with Crippen LogP contribution in [0.3, 0.4) is 0 Å². The second-order valence-electron chi connectivity index (χ2n) is 3.58. The van der Waals surface area contributed by atoms with Gasteiger partial charge in [0.25, 0.3) is 0 Å². The highest BCUT2D eigenvalue weighted by atomic mass is 19.4. The van der Waals surface area contributed by atoms with Crippen LogP contribution in [0.1, 0.15) is 26.7 Å². The average molecular weight is 226 g/mol. The second kappa shape index (κ2) is 5.95. The molecule has 0 rings (SSSR count). The van der Waals surface area contributed by atoms with Crippen molar-refractivity contribution in [3.05, 3.63) is 0 Å². The summed E-state index contributed by atoms with van der Waals surface area (Å²) in [5, 5.41) is 0. The summed E-state index contributed by atoms with van der Waals surface area (Å²) >= 11 is 0. The number of alkyl halides is 3. The van der Waals surface area contributed by atoms with Crippen molar-refractivity contribution in [3.63, 3.8) is 0 Å². The minimum Gasteiger partial charge on any atom is -0.339 e. The van der Waals surface area contributed by atoms with Gasteiger partial charge in [-0.05, 0) is 13.8 Å². The van der Waals surface area contributed by atoms with Gasteiger partial charge in [0.1, 0.15) is 0 Å². The van der Waals surface area contributed by atoms with Gasteiger partial charge in [0.2, 0.25) is 5.91 Å². The second-order valence-corrected chi connectivity index (χ2v) is 3.58. The van der Waals surface area contributed by atoms with E-state index in [0.29, 0.717) is 6.54 Å². The molecule has 0 aliphatic heterocycles. The number of rotatable bonds is 5. The predicted octanol–water partition coefficient (Wildman–Crippen LogP) is 1.52. The fraction of sp³-hybridized carbons (Fsp3) is 0.889. The molecule has 0 aliphatic carbocycles. The lowest BCUT2D eigenvalue weighted by atomic mass is 10.2. The molecule has 0 bridgehead atoms. The Morgan fingerprint density at radius 2 is 1.93 bits per heavy atom. The largest absolute Gasteiger partial charge is 0.389 e. The van der Waals surface area contributed by atoms with Crippen molar-refractivity contribution in [2.45, 2.75) is 38.9 Å². The van der Waals surface area contributed by atoms with Crippen molar-refractivity contribution in [1.82, 2.24) is 4.90 Å². The zero-order valence-corrected chi connectivity index (χ0v) is 8.97. The fourth-order valence-corrected chi connectivity index (χ4v) is 1.20. The Labute approximate surface area is 87.4 Å². The summed E-state index contributed by atoms with van der Waals surface area (Å²) in [5.41, 5.74) is 5.27. The molecular weight excluding hydrogens is 209 g/mol. The maximum absolute atomic E-state index is 11.9. The molecule has 3 nitrogen and oxygen atoms in total. The van der Waals surface area contributed by atoms with Gasteiger partial charge in [-0.15, -0.1) is 0 Å². The maximum Gasteiger partial charge on any atom is 0.389 e. The van der Waals surface area contributed by atoms with E-state index in [4.69, 9.17) is 5.73 Å². The number of nitrogens with two attached hydrogens (primary N) is 1. The van der Waals surface area contributed by atoms with Crippen LogP contribution >= 0.6 is 0 Å². The summed E-state index contributed by atoms with van der Waals surface area (Å²) in [6.45, 7) is 4.06. The summed E-state index contributed by atoms with van der Waals surface area (Å²) in [6.07, 6.45) is -5.84. The van der Waals surface area contributed by atoms with Crippen molar-refractivity contribution in [2.75, 3.05) is 13.1 Å². The molecule has 0 aromatic carbocycles. The molecule has 0 spiro atoms. The van der Waals surface area contributed by atoms with Crippen LogP contribution in [-0.4, -0.2) is 36.1 Å². The van der Waals surface area contributed by atoms with Gasteiger partial charge in [0.15, 0.2) is 0 Å². The Morgan fingerprint density at radius 1 is 1.40 bits per heavy atom. The van der Waals surface area contributed by atoms with E-state index in [1.54, 1.807) is 13.8 Å². The highest BCUT2D eigenvalue weighted by molar-refractivity contribution is 5.76. The summed E-state index contributed by atoms with van der Waals surface area (Å²) in [6, 6.07) is -0.116. The van der Waals surface area contributed by atoms with Crippen molar-refractivity contribution < 1.29 is 18.0 Å². The maximum atomic E-state index is 11.9. The molecule has 1 amide bonds. The minimum absolute atomic E-state index is 0.116. The Hall–Kier alpha value is -0.780. The van der Waals surface area contributed by atoms with E-state index in [1.807, 2.05) is 0 Å². The molecule has 6 heteroatoms. The van der Waals surface area contributed by atoms with Gasteiger partial charge in [-0.3, -0.25) is 4.79 Å². The standard InChI is InChI=1S/C9H17F3N2O/c1-7(2)14(6-5-13)8(15)3-4-9(10,11)12/h7H,3-6,13H2,1-2H3. The van der Waals surface area contributed by atoms with Crippen molar-refractivity contribution in [2.24, 2.45) is 5.73 Å². The number of carbonyl (C=O) groups is 1. The monoisotopic (exact) mass is 226 g/mol. The van der Waals surface area contributed by atoms with Crippen molar-refractivity contribution in [1.29, 1.82) is 0 Å². The lowest BCUT2D eigenvalue weighted by Gasteiger charge is -2.26. The van der Waals surface area contributed by atoms with E-state index in [-0.39, 0.29) is 12.6 Å². The van der Waals surface area contributed by atoms with Crippen LogP contribution in [0.2, 0.25) is 0 Å². The third-order valence-corrected chi connectivity index (χ3v) is 1.94. The molecule has 0 unspecified atom stereocenters. The number of nitrogens with zero attached hydrogens (tertiary/aromatic N) is 1.